The van der Waals surface area contributed by atoms with Crippen molar-refractivity contribution in [1.29, 1.82) is 0 Å². The molecule has 19 heavy (non-hydrogen) atoms. The highest BCUT2D eigenvalue weighted by molar-refractivity contribution is 7.11. The third kappa shape index (κ3) is 4.08. The van der Waals surface area contributed by atoms with Gasteiger partial charge in [0.1, 0.15) is 0 Å². The first-order valence-electron chi connectivity index (χ1n) is 6.29. The molecular weight excluding hydrogens is 276 g/mol. The van der Waals surface area contributed by atoms with Crippen LogP contribution in [0.15, 0.2) is 29.6 Å². The molecule has 0 saturated heterocycles. The largest absolute Gasteiger partial charge is 0.333 e. The van der Waals surface area contributed by atoms with E-state index >= 15 is 0 Å². The Balaban J connectivity index is 1.86. The molecule has 5 heteroatoms. The third-order valence-corrected chi connectivity index (χ3v) is 4.67. The quantitative estimate of drug-likeness (QED) is 0.892. The van der Waals surface area contributed by atoms with Crippen molar-refractivity contribution in [2.24, 2.45) is 0 Å². The molecule has 0 spiro atoms. The summed E-state index contributed by atoms with van der Waals surface area (Å²) in [5, 5.41) is 5.01. The molecule has 0 aliphatic heterocycles. The number of aryl methyl sites for hydroxylation is 1. The molecule has 102 valence electrons. The minimum Gasteiger partial charge on any atom is -0.333 e. The number of rotatable bonds is 5. The number of thiophene rings is 2. The Morgan fingerprint density at radius 2 is 2.16 bits per heavy atom. The van der Waals surface area contributed by atoms with Crippen molar-refractivity contribution in [2.75, 3.05) is 6.54 Å². The minimum absolute atomic E-state index is 0.00181. The molecule has 2 aromatic rings. The lowest BCUT2D eigenvalue weighted by Crippen LogP contribution is -2.38. The molecule has 0 unspecified atom stereocenters. The van der Waals surface area contributed by atoms with Gasteiger partial charge in [-0.2, -0.15) is 0 Å². The SMILES string of the molecule is CCN(Cc1cccs1)C(=O)NCc1ccc(C)s1. The van der Waals surface area contributed by atoms with Crippen LogP contribution in [0.5, 0.6) is 0 Å². The molecule has 3 nitrogen and oxygen atoms in total. The van der Waals surface area contributed by atoms with Gasteiger partial charge in [-0.1, -0.05) is 6.07 Å². The standard InChI is InChI=1S/C14H18N2OS2/c1-3-16(10-13-5-4-8-18-13)14(17)15-9-12-7-6-11(2)19-12/h4-8H,3,9-10H2,1-2H3,(H,15,17). The van der Waals surface area contributed by atoms with Gasteiger partial charge in [-0.3, -0.25) is 0 Å². The summed E-state index contributed by atoms with van der Waals surface area (Å²) in [5.41, 5.74) is 0. The fraction of sp³-hybridized carbons (Fsp3) is 0.357. The van der Waals surface area contributed by atoms with Gasteiger partial charge in [0.2, 0.25) is 0 Å². The summed E-state index contributed by atoms with van der Waals surface area (Å²) in [5.74, 6) is 0. The summed E-state index contributed by atoms with van der Waals surface area (Å²) in [7, 11) is 0. The second-order valence-corrected chi connectivity index (χ2v) is 6.67. The topological polar surface area (TPSA) is 32.3 Å². The summed E-state index contributed by atoms with van der Waals surface area (Å²) in [4.78, 5) is 17.6. The fourth-order valence-corrected chi connectivity index (χ4v) is 3.32. The van der Waals surface area contributed by atoms with Crippen LogP contribution >= 0.6 is 22.7 Å². The van der Waals surface area contributed by atoms with Crippen molar-refractivity contribution in [3.8, 4) is 0 Å². The van der Waals surface area contributed by atoms with Gasteiger partial charge in [0, 0.05) is 21.2 Å². The molecule has 0 aromatic carbocycles. The molecule has 0 fully saturated rings. The molecule has 2 rings (SSSR count). The van der Waals surface area contributed by atoms with Crippen LogP contribution in [0.3, 0.4) is 0 Å². The Bertz CT molecular complexity index is 519. The Labute approximate surface area is 121 Å². The van der Waals surface area contributed by atoms with Gasteiger partial charge in [-0.05, 0) is 37.4 Å². The van der Waals surface area contributed by atoms with Crippen molar-refractivity contribution in [1.82, 2.24) is 10.2 Å². The van der Waals surface area contributed by atoms with Crippen molar-refractivity contribution >= 4 is 28.7 Å². The normalized spacial score (nSPS) is 10.4. The highest BCUT2D eigenvalue weighted by atomic mass is 32.1. The average molecular weight is 294 g/mol. The maximum Gasteiger partial charge on any atom is 0.318 e. The van der Waals surface area contributed by atoms with Crippen molar-refractivity contribution in [2.45, 2.75) is 26.9 Å². The summed E-state index contributed by atoms with van der Waals surface area (Å²) in [6.45, 7) is 6.09. The Kier molecular flexibility index (Phi) is 4.99. The van der Waals surface area contributed by atoms with Crippen LogP contribution in [-0.4, -0.2) is 17.5 Å². The van der Waals surface area contributed by atoms with Crippen LogP contribution in [0.25, 0.3) is 0 Å². The van der Waals surface area contributed by atoms with Crippen LogP contribution in [-0.2, 0) is 13.1 Å². The van der Waals surface area contributed by atoms with E-state index in [0.29, 0.717) is 19.6 Å². The molecule has 0 atom stereocenters. The zero-order valence-electron chi connectivity index (χ0n) is 11.2. The van der Waals surface area contributed by atoms with Gasteiger partial charge in [-0.25, -0.2) is 4.79 Å². The third-order valence-electron chi connectivity index (χ3n) is 2.81. The lowest BCUT2D eigenvalue weighted by molar-refractivity contribution is 0.198. The molecule has 0 saturated carbocycles. The first-order valence-corrected chi connectivity index (χ1v) is 7.99. The maximum absolute atomic E-state index is 12.1. The number of amides is 2. The summed E-state index contributed by atoms with van der Waals surface area (Å²) in [6.07, 6.45) is 0. The first-order chi connectivity index (χ1) is 9.19. The molecule has 2 aromatic heterocycles. The summed E-state index contributed by atoms with van der Waals surface area (Å²) in [6, 6.07) is 8.22. The molecule has 0 aliphatic rings. The lowest BCUT2D eigenvalue weighted by atomic mass is 10.4. The van der Waals surface area contributed by atoms with E-state index in [9.17, 15) is 4.79 Å². The summed E-state index contributed by atoms with van der Waals surface area (Å²) < 4.78 is 0. The predicted octanol–water partition coefficient (Wildman–Crippen LogP) is 3.85. The van der Waals surface area contributed by atoms with Gasteiger partial charge in [-0.15, -0.1) is 22.7 Å². The maximum atomic E-state index is 12.1. The number of hydrogen-bond donors (Lipinski definition) is 1. The summed E-state index contributed by atoms with van der Waals surface area (Å²) >= 11 is 3.41. The zero-order chi connectivity index (χ0) is 13.7. The molecule has 0 aliphatic carbocycles. The van der Waals surface area contributed by atoms with Crippen molar-refractivity contribution in [3.05, 3.63) is 44.3 Å². The first kappa shape index (κ1) is 14.1. The van der Waals surface area contributed by atoms with Crippen molar-refractivity contribution < 1.29 is 4.79 Å². The van der Waals surface area contributed by atoms with Crippen LogP contribution in [0, 0.1) is 6.92 Å². The van der Waals surface area contributed by atoms with Gasteiger partial charge < -0.3 is 10.2 Å². The second kappa shape index (κ2) is 6.73. The number of carbonyl (C=O) groups is 1. The number of nitrogens with one attached hydrogen (secondary N) is 1. The van der Waals surface area contributed by atoms with Crippen LogP contribution in [0.4, 0.5) is 4.79 Å². The highest BCUT2D eigenvalue weighted by Crippen LogP contribution is 2.15. The smallest absolute Gasteiger partial charge is 0.318 e. The number of carbonyl (C=O) groups excluding carboxylic acids is 1. The van der Waals surface area contributed by atoms with E-state index in [1.165, 1.54) is 14.6 Å². The number of urea groups is 1. The second-order valence-electron chi connectivity index (χ2n) is 4.26. The Morgan fingerprint density at radius 3 is 2.74 bits per heavy atom. The van der Waals surface area contributed by atoms with Gasteiger partial charge in [0.05, 0.1) is 13.1 Å². The molecule has 2 amide bonds. The zero-order valence-corrected chi connectivity index (χ0v) is 12.8. The van der Waals surface area contributed by atoms with E-state index < -0.39 is 0 Å². The van der Waals surface area contributed by atoms with E-state index in [0.717, 1.165) is 0 Å². The van der Waals surface area contributed by atoms with Gasteiger partial charge in [0.15, 0.2) is 0 Å². The van der Waals surface area contributed by atoms with E-state index in [1.54, 1.807) is 22.7 Å². The van der Waals surface area contributed by atoms with Gasteiger partial charge in [0.25, 0.3) is 0 Å². The molecule has 0 radical (unpaired) electrons. The van der Waals surface area contributed by atoms with E-state index in [4.69, 9.17) is 0 Å². The number of nitrogens with zero attached hydrogens (tertiary/aromatic N) is 1. The molecular formula is C14H18N2OS2. The molecule has 2 heterocycles. The lowest BCUT2D eigenvalue weighted by Gasteiger charge is -2.20. The van der Waals surface area contributed by atoms with Gasteiger partial charge >= 0.3 is 6.03 Å². The fourth-order valence-electron chi connectivity index (χ4n) is 1.77. The van der Waals surface area contributed by atoms with E-state index in [-0.39, 0.29) is 6.03 Å². The monoisotopic (exact) mass is 294 g/mol. The predicted molar refractivity (Wildman–Crippen MR) is 81.7 cm³/mol. The van der Waals surface area contributed by atoms with Crippen LogP contribution in [0.1, 0.15) is 21.6 Å². The molecule has 0 bridgehead atoms. The average Bonchev–Trinajstić information content (AvgIpc) is 3.04. The van der Waals surface area contributed by atoms with Crippen LogP contribution < -0.4 is 5.32 Å². The minimum atomic E-state index is 0.00181. The van der Waals surface area contributed by atoms with E-state index in [1.807, 2.05) is 23.3 Å². The molecule has 1 N–H and O–H groups in total. The Morgan fingerprint density at radius 1 is 1.32 bits per heavy atom. The van der Waals surface area contributed by atoms with Crippen LogP contribution in [0.2, 0.25) is 0 Å². The number of hydrogen-bond acceptors (Lipinski definition) is 3. The van der Waals surface area contributed by atoms with E-state index in [2.05, 4.69) is 30.4 Å². The highest BCUT2D eigenvalue weighted by Gasteiger charge is 2.12. The van der Waals surface area contributed by atoms with Crippen molar-refractivity contribution in [3.63, 3.8) is 0 Å². The Hall–Kier alpha value is -1.33.